The van der Waals surface area contributed by atoms with Crippen LogP contribution in [0.2, 0.25) is 0 Å². The van der Waals surface area contributed by atoms with Crippen LogP contribution in [0.1, 0.15) is 17.9 Å². The normalized spacial score (nSPS) is 11.5. The van der Waals surface area contributed by atoms with E-state index in [-0.39, 0.29) is 5.65 Å². The number of nitrogens with zero attached hydrogens (tertiary/aromatic N) is 5. The van der Waals surface area contributed by atoms with Crippen molar-refractivity contribution < 1.29 is 13.2 Å². The van der Waals surface area contributed by atoms with Gasteiger partial charge in [0, 0.05) is 5.38 Å². The summed E-state index contributed by atoms with van der Waals surface area (Å²) in [4.78, 5) is 4.45. The predicted octanol–water partition coefficient (Wildman–Crippen LogP) is 3.39. The Balaban J connectivity index is 1.51. The Hall–Kier alpha value is -2.88. The quantitative estimate of drug-likeness (QED) is 0.595. The van der Waals surface area contributed by atoms with Crippen LogP contribution >= 0.6 is 11.3 Å². The Morgan fingerprint density at radius 3 is 2.96 bits per heavy atom. The molecule has 0 aliphatic rings. The van der Waals surface area contributed by atoms with Crippen molar-refractivity contribution in [2.75, 3.05) is 5.32 Å². The van der Waals surface area contributed by atoms with Crippen molar-refractivity contribution in [2.24, 2.45) is 0 Å². The maximum absolute atomic E-state index is 12.8. The van der Waals surface area contributed by atoms with E-state index >= 15 is 0 Å². The van der Waals surface area contributed by atoms with Crippen LogP contribution < -0.4 is 5.32 Å². The summed E-state index contributed by atoms with van der Waals surface area (Å²) in [5.74, 6) is 0.649. The van der Waals surface area contributed by atoms with Gasteiger partial charge >= 0.3 is 0 Å². The lowest BCUT2D eigenvalue weighted by molar-refractivity contribution is 0.137. The zero-order valence-corrected chi connectivity index (χ0v) is 12.9. The Morgan fingerprint density at radius 1 is 1.25 bits per heavy atom. The van der Waals surface area contributed by atoms with Crippen molar-refractivity contribution in [1.82, 2.24) is 24.8 Å². The van der Waals surface area contributed by atoms with Gasteiger partial charge in [0.25, 0.3) is 6.43 Å². The Kier molecular flexibility index (Phi) is 3.65. The third kappa shape index (κ3) is 2.71. The van der Waals surface area contributed by atoms with E-state index in [0.29, 0.717) is 18.1 Å². The first kappa shape index (κ1) is 14.7. The molecule has 4 aromatic rings. The van der Waals surface area contributed by atoms with Gasteiger partial charge in [-0.25, -0.2) is 13.8 Å². The Morgan fingerprint density at radius 2 is 2.17 bits per heavy atom. The van der Waals surface area contributed by atoms with Gasteiger partial charge in [0.05, 0.1) is 18.5 Å². The highest BCUT2D eigenvalue weighted by molar-refractivity contribution is 7.13. The maximum atomic E-state index is 12.8. The van der Waals surface area contributed by atoms with Gasteiger partial charge in [-0.2, -0.15) is 4.52 Å². The number of halogens is 2. The van der Waals surface area contributed by atoms with Gasteiger partial charge in [-0.1, -0.05) is 0 Å². The van der Waals surface area contributed by atoms with E-state index in [4.69, 9.17) is 4.42 Å². The minimum atomic E-state index is -2.74. The maximum Gasteiger partial charge on any atom is 0.299 e. The molecule has 0 aliphatic heterocycles. The van der Waals surface area contributed by atoms with Crippen molar-refractivity contribution in [1.29, 1.82) is 0 Å². The summed E-state index contributed by atoms with van der Waals surface area (Å²) >= 11 is 1.46. The van der Waals surface area contributed by atoms with Crippen LogP contribution in [0.25, 0.3) is 16.4 Å². The molecule has 7 nitrogen and oxygen atoms in total. The topological polar surface area (TPSA) is 81.1 Å². The van der Waals surface area contributed by atoms with Crippen molar-refractivity contribution in [3.8, 4) is 10.8 Å². The number of nitrogens with one attached hydrogen (secondary N) is 1. The fraction of sp³-hybridized carbons (Fsp3) is 0.143. The Bertz CT molecular complexity index is 965. The Labute approximate surface area is 138 Å². The third-order valence-corrected chi connectivity index (χ3v) is 4.12. The van der Waals surface area contributed by atoms with E-state index in [2.05, 4.69) is 25.6 Å². The van der Waals surface area contributed by atoms with Crippen LogP contribution in [-0.4, -0.2) is 24.8 Å². The summed E-state index contributed by atoms with van der Waals surface area (Å²) < 4.78 is 32.0. The molecule has 4 rings (SSSR count). The summed E-state index contributed by atoms with van der Waals surface area (Å²) in [6.45, 7) is 0.405. The number of rotatable bonds is 5. The van der Waals surface area contributed by atoms with Crippen LogP contribution in [0.3, 0.4) is 0 Å². The second-order valence-corrected chi connectivity index (χ2v) is 5.68. The van der Waals surface area contributed by atoms with Crippen molar-refractivity contribution in [2.45, 2.75) is 13.0 Å². The van der Waals surface area contributed by atoms with Crippen molar-refractivity contribution >= 4 is 22.8 Å². The molecule has 0 aliphatic carbocycles. The molecule has 4 aromatic heterocycles. The largest absolute Gasteiger partial charge is 0.462 e. The SMILES string of the molecule is FC(F)c1nnc2ccc(NCc3csc(-c4ccco4)n3)nn12. The minimum Gasteiger partial charge on any atom is -0.462 e. The lowest BCUT2D eigenvalue weighted by atomic mass is 10.4. The molecule has 0 unspecified atom stereocenters. The first-order valence-corrected chi connectivity index (χ1v) is 7.81. The highest BCUT2D eigenvalue weighted by atomic mass is 32.1. The highest BCUT2D eigenvalue weighted by Gasteiger charge is 2.17. The van der Waals surface area contributed by atoms with Crippen LogP contribution in [0.5, 0.6) is 0 Å². The van der Waals surface area contributed by atoms with Gasteiger partial charge in [-0.15, -0.1) is 26.6 Å². The average molecular weight is 348 g/mol. The number of furan rings is 1. The molecule has 0 radical (unpaired) electrons. The molecule has 0 fully saturated rings. The average Bonchev–Trinajstić information content (AvgIpc) is 3.31. The van der Waals surface area contributed by atoms with E-state index in [1.807, 2.05) is 11.4 Å². The van der Waals surface area contributed by atoms with E-state index in [1.165, 1.54) is 11.3 Å². The highest BCUT2D eigenvalue weighted by Crippen LogP contribution is 2.24. The van der Waals surface area contributed by atoms with E-state index in [9.17, 15) is 8.78 Å². The molecule has 0 saturated carbocycles. The molecule has 122 valence electrons. The summed E-state index contributed by atoms with van der Waals surface area (Å²) in [6, 6.07) is 6.86. The van der Waals surface area contributed by atoms with Crippen LogP contribution in [-0.2, 0) is 6.54 Å². The summed E-state index contributed by atoms with van der Waals surface area (Å²) in [7, 11) is 0. The van der Waals surface area contributed by atoms with Crippen LogP contribution in [0, 0.1) is 0 Å². The van der Waals surface area contributed by atoms with Crippen LogP contribution in [0.15, 0.2) is 40.3 Å². The number of thiazole rings is 1. The van der Waals surface area contributed by atoms with Gasteiger partial charge in [-0.05, 0) is 24.3 Å². The number of fused-ring (bicyclic) bond motifs is 1. The number of aromatic nitrogens is 5. The monoisotopic (exact) mass is 348 g/mol. The van der Waals surface area contributed by atoms with Gasteiger partial charge in [0.1, 0.15) is 5.82 Å². The van der Waals surface area contributed by atoms with E-state index in [1.54, 1.807) is 24.5 Å². The summed E-state index contributed by atoms with van der Waals surface area (Å²) in [5.41, 5.74) is 1.07. The summed E-state index contributed by atoms with van der Waals surface area (Å²) in [5, 5.41) is 16.9. The zero-order chi connectivity index (χ0) is 16.5. The van der Waals surface area contributed by atoms with Gasteiger partial charge in [0.15, 0.2) is 16.4 Å². The van der Waals surface area contributed by atoms with Crippen molar-refractivity contribution in [3.63, 3.8) is 0 Å². The minimum absolute atomic E-state index is 0.268. The smallest absolute Gasteiger partial charge is 0.299 e. The molecular formula is C14H10F2N6OS. The predicted molar refractivity (Wildman–Crippen MR) is 82.9 cm³/mol. The molecule has 0 saturated heterocycles. The van der Waals surface area contributed by atoms with E-state index < -0.39 is 12.2 Å². The van der Waals surface area contributed by atoms with E-state index in [0.717, 1.165) is 15.2 Å². The zero-order valence-electron chi connectivity index (χ0n) is 12.1. The molecule has 10 heteroatoms. The second kappa shape index (κ2) is 5.96. The lowest BCUT2D eigenvalue weighted by Gasteiger charge is -2.04. The molecule has 0 bridgehead atoms. The molecular weight excluding hydrogens is 338 g/mol. The number of hydrogen-bond acceptors (Lipinski definition) is 7. The molecule has 4 heterocycles. The first-order chi connectivity index (χ1) is 11.7. The molecule has 0 aromatic carbocycles. The lowest BCUT2D eigenvalue weighted by Crippen LogP contribution is -2.06. The molecule has 0 amide bonds. The molecule has 24 heavy (non-hydrogen) atoms. The second-order valence-electron chi connectivity index (χ2n) is 4.82. The number of alkyl halides is 2. The molecule has 1 N–H and O–H groups in total. The van der Waals surface area contributed by atoms with Crippen LogP contribution in [0.4, 0.5) is 14.6 Å². The molecule has 0 atom stereocenters. The standard InChI is InChI=1S/C14H10F2N6OS/c15-12(16)13-20-19-11-4-3-10(21-22(11)13)17-6-8-7-24-14(18-8)9-2-1-5-23-9/h1-5,7,12H,6H2,(H,17,21). The fourth-order valence-electron chi connectivity index (χ4n) is 2.12. The third-order valence-electron chi connectivity index (χ3n) is 3.22. The number of anilines is 1. The molecule has 0 spiro atoms. The first-order valence-electron chi connectivity index (χ1n) is 6.93. The fourth-order valence-corrected chi connectivity index (χ4v) is 2.90. The summed E-state index contributed by atoms with van der Waals surface area (Å²) in [6.07, 6.45) is -1.15. The van der Waals surface area contributed by atoms with Gasteiger partial charge in [0.2, 0.25) is 5.82 Å². The van der Waals surface area contributed by atoms with Gasteiger partial charge < -0.3 is 9.73 Å². The number of hydrogen-bond donors (Lipinski definition) is 1. The van der Waals surface area contributed by atoms with Crippen molar-refractivity contribution in [3.05, 3.63) is 47.4 Å². The van der Waals surface area contributed by atoms with Gasteiger partial charge in [-0.3, -0.25) is 0 Å².